The van der Waals surface area contributed by atoms with Crippen molar-refractivity contribution in [3.63, 3.8) is 0 Å². The zero-order chi connectivity index (χ0) is 16.3. The lowest BCUT2D eigenvalue weighted by molar-refractivity contribution is 0.0925. The summed E-state index contributed by atoms with van der Waals surface area (Å²) >= 11 is 0. The molecule has 1 heteroatoms. The Hall–Kier alpha value is -0.0400. The highest BCUT2D eigenvalue weighted by atomic mass is 16.5. The van der Waals surface area contributed by atoms with Gasteiger partial charge in [-0.1, -0.05) is 64.7 Å². The van der Waals surface area contributed by atoms with E-state index in [1.54, 1.807) is 12.8 Å². The van der Waals surface area contributed by atoms with E-state index in [9.17, 15) is 0 Å². The van der Waals surface area contributed by atoms with Gasteiger partial charge in [-0.3, -0.25) is 0 Å². The number of hydrogen-bond acceptors (Lipinski definition) is 1. The monoisotopic (exact) mass is 322 g/mol. The Kier molecular flexibility index (Phi) is 9.65. The summed E-state index contributed by atoms with van der Waals surface area (Å²) in [7, 11) is 1.86. The Bertz CT molecular complexity index is 272. The molecule has 0 amide bonds. The second kappa shape index (κ2) is 11.5. The van der Waals surface area contributed by atoms with Crippen LogP contribution in [0.5, 0.6) is 0 Å². The van der Waals surface area contributed by atoms with Crippen molar-refractivity contribution in [2.45, 2.75) is 103 Å². The second-order valence-electron chi connectivity index (χ2n) is 8.57. The summed E-state index contributed by atoms with van der Waals surface area (Å²) in [6.07, 6.45) is 22.3. The molecule has 0 atom stereocenters. The molecule has 2 aliphatic carbocycles. The van der Waals surface area contributed by atoms with Gasteiger partial charge >= 0.3 is 0 Å². The first kappa shape index (κ1) is 19.3. The van der Waals surface area contributed by atoms with Gasteiger partial charge in [-0.25, -0.2) is 0 Å². The molecular weight excluding hydrogens is 280 g/mol. The van der Waals surface area contributed by atoms with Gasteiger partial charge in [0.25, 0.3) is 0 Å². The Morgan fingerprint density at radius 3 is 1.74 bits per heavy atom. The molecule has 2 fully saturated rings. The van der Waals surface area contributed by atoms with Crippen molar-refractivity contribution in [3.8, 4) is 0 Å². The van der Waals surface area contributed by atoms with Crippen molar-refractivity contribution in [1.82, 2.24) is 0 Å². The predicted molar refractivity (Wildman–Crippen MR) is 101 cm³/mol. The first-order valence-corrected chi connectivity index (χ1v) is 10.8. The van der Waals surface area contributed by atoms with Crippen molar-refractivity contribution in [1.29, 1.82) is 0 Å². The molecule has 2 aliphatic rings. The number of ether oxygens (including phenoxy) is 1. The fourth-order valence-electron chi connectivity index (χ4n) is 5.22. The molecule has 0 saturated heterocycles. The van der Waals surface area contributed by atoms with E-state index in [0.29, 0.717) is 0 Å². The molecule has 0 unspecified atom stereocenters. The number of unbranched alkanes of at least 4 members (excludes halogenated alkanes) is 5. The molecule has 0 aromatic heterocycles. The van der Waals surface area contributed by atoms with E-state index >= 15 is 0 Å². The van der Waals surface area contributed by atoms with Gasteiger partial charge in [-0.05, 0) is 62.2 Å². The van der Waals surface area contributed by atoms with Gasteiger partial charge in [-0.2, -0.15) is 0 Å². The summed E-state index contributed by atoms with van der Waals surface area (Å²) in [5, 5.41) is 0. The van der Waals surface area contributed by atoms with Gasteiger partial charge in [0.05, 0.1) is 0 Å². The summed E-state index contributed by atoms with van der Waals surface area (Å²) in [6.45, 7) is 3.31. The molecule has 23 heavy (non-hydrogen) atoms. The standard InChI is InChI=1S/C22H42O/c1-3-4-5-6-7-8-9-19-10-14-21(15-11-19)22-16-12-20(13-17-22)18-23-2/h19-22H,3-18H2,1-2H3/t19-,20-,21-,22-. The van der Waals surface area contributed by atoms with Crippen LogP contribution < -0.4 is 0 Å². The summed E-state index contributed by atoms with van der Waals surface area (Å²) in [6, 6.07) is 0. The molecule has 1 nitrogen and oxygen atoms in total. The summed E-state index contributed by atoms with van der Waals surface area (Å²) < 4.78 is 5.34. The summed E-state index contributed by atoms with van der Waals surface area (Å²) in [4.78, 5) is 0. The van der Waals surface area contributed by atoms with Crippen molar-refractivity contribution in [2.24, 2.45) is 23.7 Å². The third-order valence-corrected chi connectivity index (χ3v) is 6.82. The number of rotatable bonds is 10. The van der Waals surface area contributed by atoms with Crippen LogP contribution in [0.1, 0.15) is 103 Å². The van der Waals surface area contributed by atoms with E-state index in [-0.39, 0.29) is 0 Å². The number of hydrogen-bond donors (Lipinski definition) is 0. The van der Waals surface area contributed by atoms with E-state index < -0.39 is 0 Å². The molecule has 136 valence electrons. The van der Waals surface area contributed by atoms with Gasteiger partial charge < -0.3 is 4.74 Å². The van der Waals surface area contributed by atoms with Gasteiger partial charge in [0.1, 0.15) is 0 Å². The second-order valence-corrected chi connectivity index (χ2v) is 8.57. The minimum atomic E-state index is 0.861. The van der Waals surface area contributed by atoms with Crippen LogP contribution in [0, 0.1) is 23.7 Å². The first-order chi connectivity index (χ1) is 11.3. The molecule has 0 spiro atoms. The maximum Gasteiger partial charge on any atom is 0.0490 e. The van der Waals surface area contributed by atoms with Crippen molar-refractivity contribution in [2.75, 3.05) is 13.7 Å². The molecule has 0 bridgehead atoms. The predicted octanol–water partition coefficient (Wildman–Crippen LogP) is 7.00. The van der Waals surface area contributed by atoms with Crippen LogP contribution in [0.4, 0.5) is 0 Å². The van der Waals surface area contributed by atoms with Gasteiger partial charge in [0.15, 0.2) is 0 Å². The molecule has 0 aliphatic heterocycles. The lowest BCUT2D eigenvalue weighted by Crippen LogP contribution is -2.27. The van der Waals surface area contributed by atoms with E-state index in [4.69, 9.17) is 4.74 Å². The fraction of sp³-hybridized carbons (Fsp3) is 1.00. The minimum Gasteiger partial charge on any atom is -0.384 e. The largest absolute Gasteiger partial charge is 0.384 e. The Labute approximate surface area is 146 Å². The normalized spacial score (nSPS) is 32.1. The van der Waals surface area contributed by atoms with Crippen LogP contribution in [0.25, 0.3) is 0 Å². The van der Waals surface area contributed by atoms with Gasteiger partial charge in [-0.15, -0.1) is 0 Å². The highest BCUT2D eigenvalue weighted by Crippen LogP contribution is 2.42. The van der Waals surface area contributed by atoms with Crippen LogP contribution >= 0.6 is 0 Å². The maximum absolute atomic E-state index is 5.34. The van der Waals surface area contributed by atoms with Crippen molar-refractivity contribution < 1.29 is 4.74 Å². The zero-order valence-corrected chi connectivity index (χ0v) is 16.0. The first-order valence-electron chi connectivity index (χ1n) is 10.8. The smallest absolute Gasteiger partial charge is 0.0490 e. The third kappa shape index (κ3) is 7.16. The van der Waals surface area contributed by atoms with Crippen LogP contribution in [0.3, 0.4) is 0 Å². The molecule has 0 radical (unpaired) electrons. The van der Waals surface area contributed by atoms with E-state index in [2.05, 4.69) is 6.92 Å². The average Bonchev–Trinajstić information content (AvgIpc) is 2.60. The Morgan fingerprint density at radius 1 is 0.652 bits per heavy atom. The SMILES string of the molecule is CCCCCCCC[C@H]1CC[C@H]([C@H]2CC[C@H](COC)CC2)CC1. The maximum atomic E-state index is 5.34. The Morgan fingerprint density at radius 2 is 1.17 bits per heavy atom. The molecule has 0 aromatic rings. The van der Waals surface area contributed by atoms with Crippen LogP contribution in [0.2, 0.25) is 0 Å². The number of methoxy groups -OCH3 is 1. The molecule has 2 saturated carbocycles. The highest BCUT2D eigenvalue weighted by Gasteiger charge is 2.30. The quantitative estimate of drug-likeness (QED) is 0.393. The van der Waals surface area contributed by atoms with E-state index in [1.165, 1.54) is 83.5 Å². The van der Waals surface area contributed by atoms with Crippen LogP contribution in [-0.4, -0.2) is 13.7 Å². The summed E-state index contributed by atoms with van der Waals surface area (Å²) in [5.41, 5.74) is 0. The fourth-order valence-corrected chi connectivity index (χ4v) is 5.22. The molecule has 0 aromatic carbocycles. The van der Waals surface area contributed by atoms with Crippen LogP contribution in [-0.2, 0) is 4.74 Å². The topological polar surface area (TPSA) is 9.23 Å². The van der Waals surface area contributed by atoms with Gasteiger partial charge in [0, 0.05) is 13.7 Å². The van der Waals surface area contributed by atoms with Crippen molar-refractivity contribution >= 4 is 0 Å². The van der Waals surface area contributed by atoms with Crippen LogP contribution in [0.15, 0.2) is 0 Å². The van der Waals surface area contributed by atoms with E-state index in [1.807, 2.05) is 7.11 Å². The molecular formula is C22H42O. The highest BCUT2D eigenvalue weighted by molar-refractivity contribution is 4.82. The lowest BCUT2D eigenvalue weighted by atomic mass is 9.69. The van der Waals surface area contributed by atoms with Crippen molar-refractivity contribution in [3.05, 3.63) is 0 Å². The van der Waals surface area contributed by atoms with Gasteiger partial charge in [0.2, 0.25) is 0 Å². The van der Waals surface area contributed by atoms with E-state index in [0.717, 1.165) is 30.3 Å². The average molecular weight is 323 g/mol. The zero-order valence-electron chi connectivity index (χ0n) is 16.0. The lowest BCUT2D eigenvalue weighted by Gasteiger charge is -2.37. The molecule has 0 heterocycles. The Balaban J connectivity index is 1.52. The minimum absolute atomic E-state index is 0.861. The molecule has 2 rings (SSSR count). The summed E-state index contributed by atoms with van der Waals surface area (Å²) in [5.74, 6) is 4.06. The third-order valence-electron chi connectivity index (χ3n) is 6.82. The molecule has 0 N–H and O–H groups in total.